The zero-order valence-electron chi connectivity index (χ0n) is 15.1. The molecule has 10 heteroatoms. The van der Waals surface area contributed by atoms with Crippen LogP contribution in [0.25, 0.3) is 5.69 Å². The lowest BCUT2D eigenvalue weighted by Crippen LogP contribution is -2.33. The van der Waals surface area contributed by atoms with Crippen LogP contribution in [0.2, 0.25) is 5.02 Å². The van der Waals surface area contributed by atoms with E-state index in [9.17, 15) is 19.5 Å². The molecule has 0 unspecified atom stereocenters. The van der Waals surface area contributed by atoms with E-state index in [1.165, 1.54) is 23.3 Å². The van der Waals surface area contributed by atoms with Crippen molar-refractivity contribution in [2.75, 3.05) is 0 Å². The fourth-order valence-corrected chi connectivity index (χ4v) is 4.21. The molecule has 0 spiro atoms. The Morgan fingerprint density at radius 1 is 1.28 bits per heavy atom. The first-order chi connectivity index (χ1) is 13.9. The monoisotopic (exact) mass is 430 g/mol. The molecule has 3 heterocycles. The molecule has 1 aliphatic rings. The zero-order valence-corrected chi connectivity index (χ0v) is 16.7. The third-order valence-electron chi connectivity index (χ3n) is 4.56. The minimum atomic E-state index is -0.796. The number of amides is 1. The van der Waals surface area contributed by atoms with E-state index >= 15 is 0 Å². The fraction of sp³-hybridized carbons (Fsp3) is 0.158. The smallest absolute Gasteiger partial charge is 0.335 e. The Morgan fingerprint density at radius 3 is 2.62 bits per heavy atom. The van der Waals surface area contributed by atoms with Gasteiger partial charge in [-0.05, 0) is 35.7 Å². The second-order valence-electron chi connectivity index (χ2n) is 6.42. The lowest BCUT2D eigenvalue weighted by Gasteiger charge is -2.18. The summed E-state index contributed by atoms with van der Waals surface area (Å²) in [6.07, 6.45) is 0.232. The van der Waals surface area contributed by atoms with E-state index in [0.717, 1.165) is 9.44 Å². The summed E-state index contributed by atoms with van der Waals surface area (Å²) in [5, 5.41) is 18.7. The van der Waals surface area contributed by atoms with Gasteiger partial charge in [-0.15, -0.1) is 11.3 Å². The number of H-pyrrole nitrogens is 1. The second-order valence-corrected chi connectivity index (χ2v) is 7.83. The van der Waals surface area contributed by atoms with Gasteiger partial charge in [-0.25, -0.2) is 14.4 Å². The molecule has 0 aliphatic carbocycles. The van der Waals surface area contributed by atoms with Crippen LogP contribution in [-0.4, -0.2) is 31.3 Å². The van der Waals surface area contributed by atoms with Gasteiger partial charge in [0, 0.05) is 23.2 Å². The minimum Gasteiger partial charge on any atom is -0.493 e. The molecule has 0 fully saturated rings. The maximum atomic E-state index is 12.5. The molecule has 148 valence electrons. The van der Waals surface area contributed by atoms with Gasteiger partial charge in [0.2, 0.25) is 11.8 Å². The molecule has 8 nitrogen and oxygen atoms in total. The third-order valence-corrected chi connectivity index (χ3v) is 5.79. The van der Waals surface area contributed by atoms with Crippen LogP contribution in [-0.2, 0) is 4.79 Å². The summed E-state index contributed by atoms with van der Waals surface area (Å²) in [6.45, 7) is 1.38. The molecular formula is C19H15ClN4O4S. The van der Waals surface area contributed by atoms with Crippen LogP contribution in [0.3, 0.4) is 0 Å². The van der Waals surface area contributed by atoms with E-state index in [1.54, 1.807) is 24.3 Å². The quantitative estimate of drug-likeness (QED) is 0.665. The van der Waals surface area contributed by atoms with Gasteiger partial charge in [-0.1, -0.05) is 17.7 Å². The highest BCUT2D eigenvalue weighted by Gasteiger charge is 2.35. The molecule has 1 aromatic carbocycles. The van der Waals surface area contributed by atoms with E-state index in [0.29, 0.717) is 10.7 Å². The van der Waals surface area contributed by atoms with Gasteiger partial charge in [-0.3, -0.25) is 14.6 Å². The predicted molar refractivity (Wildman–Crippen MR) is 110 cm³/mol. The number of hydrogen-bond acceptors (Lipinski definition) is 6. The molecular weight excluding hydrogens is 416 g/mol. The van der Waals surface area contributed by atoms with Crippen LogP contribution < -0.4 is 11.2 Å². The number of thiophene rings is 1. The number of hydrogen-bond donors (Lipinski definition) is 2. The topological polar surface area (TPSA) is 108 Å². The SMILES string of the molecule is CC(=O)N1N=C(c2c(O)n(-c3ccc(Cl)cc3)c(=O)[nH]c2=O)C[C@H]1c1cccs1. The van der Waals surface area contributed by atoms with Crippen molar-refractivity contribution in [1.82, 2.24) is 14.6 Å². The van der Waals surface area contributed by atoms with Crippen molar-refractivity contribution in [1.29, 1.82) is 0 Å². The second kappa shape index (κ2) is 7.34. The van der Waals surface area contributed by atoms with E-state index in [4.69, 9.17) is 11.6 Å². The normalized spacial score (nSPS) is 16.1. The van der Waals surface area contributed by atoms with E-state index in [2.05, 4.69) is 10.1 Å². The molecule has 0 saturated carbocycles. The van der Waals surface area contributed by atoms with Crippen molar-refractivity contribution in [3.63, 3.8) is 0 Å². The number of carbonyl (C=O) groups excluding carboxylic acids is 1. The number of aromatic hydroxyl groups is 1. The van der Waals surface area contributed by atoms with Gasteiger partial charge in [0.05, 0.1) is 17.4 Å². The highest BCUT2D eigenvalue weighted by molar-refractivity contribution is 7.10. The first-order valence-corrected chi connectivity index (χ1v) is 9.88. The highest BCUT2D eigenvalue weighted by atomic mass is 35.5. The lowest BCUT2D eigenvalue weighted by atomic mass is 10.0. The van der Waals surface area contributed by atoms with Gasteiger partial charge in [0.15, 0.2) is 0 Å². The van der Waals surface area contributed by atoms with Gasteiger partial charge in [-0.2, -0.15) is 5.10 Å². The molecule has 1 atom stereocenters. The Kier molecular flexibility index (Phi) is 4.85. The number of nitrogens with zero attached hydrogens (tertiary/aromatic N) is 3. The van der Waals surface area contributed by atoms with Gasteiger partial charge >= 0.3 is 5.69 Å². The number of halogens is 1. The van der Waals surface area contributed by atoms with Crippen LogP contribution >= 0.6 is 22.9 Å². The lowest BCUT2D eigenvalue weighted by molar-refractivity contribution is -0.130. The van der Waals surface area contributed by atoms with Crippen LogP contribution in [0.15, 0.2) is 56.5 Å². The summed E-state index contributed by atoms with van der Waals surface area (Å²) >= 11 is 7.35. The predicted octanol–water partition coefficient (Wildman–Crippen LogP) is 2.64. The summed E-state index contributed by atoms with van der Waals surface area (Å²) in [5.74, 6) is -0.838. The molecule has 3 aromatic rings. The zero-order chi connectivity index (χ0) is 20.7. The molecule has 0 bridgehead atoms. The third kappa shape index (κ3) is 3.39. The van der Waals surface area contributed by atoms with Gasteiger partial charge in [0.25, 0.3) is 5.56 Å². The maximum Gasteiger partial charge on any atom is 0.335 e. The van der Waals surface area contributed by atoms with Crippen molar-refractivity contribution in [2.24, 2.45) is 5.10 Å². The van der Waals surface area contributed by atoms with Crippen LogP contribution in [0.1, 0.15) is 29.8 Å². The van der Waals surface area contributed by atoms with E-state index in [1.807, 2.05) is 17.5 Å². The summed E-state index contributed by atoms with van der Waals surface area (Å²) < 4.78 is 0.964. The Hall–Kier alpha value is -3.17. The average Bonchev–Trinajstić information content (AvgIpc) is 3.32. The number of aromatic nitrogens is 2. The largest absolute Gasteiger partial charge is 0.493 e. The molecule has 29 heavy (non-hydrogen) atoms. The van der Waals surface area contributed by atoms with E-state index in [-0.39, 0.29) is 29.6 Å². The Balaban J connectivity index is 1.85. The number of aromatic amines is 1. The number of carbonyl (C=O) groups is 1. The van der Waals surface area contributed by atoms with Crippen molar-refractivity contribution < 1.29 is 9.90 Å². The Labute approximate surface area is 173 Å². The van der Waals surface area contributed by atoms with Crippen LogP contribution in [0.4, 0.5) is 0 Å². The summed E-state index contributed by atoms with van der Waals surface area (Å²) in [6, 6.07) is 9.56. The minimum absolute atomic E-state index is 0.148. The molecule has 1 aliphatic heterocycles. The Morgan fingerprint density at radius 2 is 2.00 bits per heavy atom. The van der Waals surface area contributed by atoms with Crippen LogP contribution in [0, 0.1) is 0 Å². The Bertz CT molecular complexity index is 1230. The van der Waals surface area contributed by atoms with Gasteiger partial charge in [0.1, 0.15) is 5.56 Å². The number of nitrogens with one attached hydrogen (secondary N) is 1. The molecule has 1 amide bonds. The number of rotatable bonds is 3. The summed E-state index contributed by atoms with van der Waals surface area (Å²) in [5.41, 5.74) is -1.17. The van der Waals surface area contributed by atoms with Crippen LogP contribution in [0.5, 0.6) is 5.88 Å². The van der Waals surface area contributed by atoms with Crippen molar-refractivity contribution in [2.45, 2.75) is 19.4 Å². The number of benzene rings is 1. The first-order valence-electron chi connectivity index (χ1n) is 8.62. The number of hydrazone groups is 1. The van der Waals surface area contributed by atoms with E-state index < -0.39 is 17.1 Å². The molecule has 4 rings (SSSR count). The first kappa shape index (κ1) is 19.2. The van der Waals surface area contributed by atoms with Gasteiger partial charge < -0.3 is 5.11 Å². The van der Waals surface area contributed by atoms with Crippen molar-refractivity contribution >= 4 is 34.6 Å². The van der Waals surface area contributed by atoms with Crippen molar-refractivity contribution in [3.8, 4) is 11.6 Å². The highest BCUT2D eigenvalue weighted by Crippen LogP contribution is 2.35. The fourth-order valence-electron chi connectivity index (χ4n) is 3.27. The van der Waals surface area contributed by atoms with Crippen molar-refractivity contribution in [3.05, 3.63) is 78.1 Å². The molecule has 0 radical (unpaired) electrons. The molecule has 2 aromatic heterocycles. The average molecular weight is 431 g/mol. The summed E-state index contributed by atoms with van der Waals surface area (Å²) in [7, 11) is 0. The summed E-state index contributed by atoms with van der Waals surface area (Å²) in [4.78, 5) is 40.1. The molecule has 2 N–H and O–H groups in total. The molecule has 0 saturated heterocycles. The maximum absolute atomic E-state index is 12.5. The standard InChI is InChI=1S/C19H15ClN4O4S/c1-10(25)24-14(15-3-2-8-29-15)9-13(22-24)16-17(26)21-19(28)23(18(16)27)12-6-4-11(20)5-7-12/h2-8,14,27H,9H2,1H3,(H,21,26,28)/t14-/m0/s1.